The molecule has 180 valence electrons. The van der Waals surface area contributed by atoms with Crippen molar-refractivity contribution in [2.75, 3.05) is 18.6 Å². The summed E-state index contributed by atoms with van der Waals surface area (Å²) < 4.78 is 10.0. The maximum absolute atomic E-state index is 12.6. The Bertz CT molecular complexity index is 912. The fourth-order valence-corrected chi connectivity index (χ4v) is 4.94. The van der Waals surface area contributed by atoms with Crippen molar-refractivity contribution >= 4 is 52.0 Å². The van der Waals surface area contributed by atoms with Crippen LogP contribution in [0.25, 0.3) is 0 Å². The van der Waals surface area contributed by atoms with Gasteiger partial charge in [0, 0.05) is 30.7 Å². The van der Waals surface area contributed by atoms with Gasteiger partial charge in [0.2, 0.25) is 12.2 Å². The van der Waals surface area contributed by atoms with E-state index < -0.39 is 47.2 Å². The average molecular weight is 519 g/mol. The summed E-state index contributed by atoms with van der Waals surface area (Å²) in [6.07, 6.45) is -1.31. The molecule has 0 saturated carbocycles. The molecule has 1 unspecified atom stereocenters. The van der Waals surface area contributed by atoms with Gasteiger partial charge in [-0.3, -0.25) is 19.3 Å². The SMILES string of the molecule is COC(OC(C)=O)C1=C(C(=O)[O-])N2C(=O)[C@@H](NC(=O)Cc3csc(N)n3)[C@H]2SC1.O.O.O.[Na+]. The number of anilines is 1. The van der Waals surface area contributed by atoms with Crippen LogP contribution in [0.15, 0.2) is 16.7 Å². The second-order valence-corrected chi connectivity index (χ2v) is 8.14. The number of thiazole rings is 1. The number of nitrogen functional groups attached to an aromatic ring is 1. The molecule has 2 aliphatic rings. The van der Waals surface area contributed by atoms with Crippen molar-refractivity contribution in [3.63, 3.8) is 0 Å². The third-order valence-corrected chi connectivity index (χ3v) is 6.22. The van der Waals surface area contributed by atoms with E-state index in [1.54, 1.807) is 5.38 Å². The predicted octanol–water partition coefficient (Wildman–Crippen LogP) is -7.26. The average Bonchev–Trinajstić information content (AvgIpc) is 3.07. The first-order chi connectivity index (χ1) is 13.7. The molecule has 0 aliphatic carbocycles. The molecule has 1 fully saturated rings. The molecular formula is C16H23N4NaO10S2. The van der Waals surface area contributed by atoms with Gasteiger partial charge >= 0.3 is 35.5 Å². The Labute approximate surface area is 218 Å². The molecule has 1 aromatic rings. The monoisotopic (exact) mass is 518 g/mol. The first-order valence-electron chi connectivity index (χ1n) is 8.31. The van der Waals surface area contributed by atoms with Gasteiger partial charge < -0.3 is 46.9 Å². The summed E-state index contributed by atoms with van der Waals surface area (Å²) in [4.78, 5) is 52.7. The minimum atomic E-state index is -1.60. The van der Waals surface area contributed by atoms with Crippen LogP contribution in [0.2, 0.25) is 0 Å². The second kappa shape index (κ2) is 13.8. The van der Waals surface area contributed by atoms with E-state index in [1.165, 1.54) is 30.2 Å². The largest absolute Gasteiger partial charge is 1.00 e. The molecule has 14 nitrogen and oxygen atoms in total. The molecule has 33 heavy (non-hydrogen) atoms. The van der Waals surface area contributed by atoms with Crippen LogP contribution < -0.4 is 45.7 Å². The zero-order chi connectivity index (χ0) is 21.3. The summed E-state index contributed by atoms with van der Waals surface area (Å²) in [5.41, 5.74) is 5.69. The first-order valence-corrected chi connectivity index (χ1v) is 10.2. The summed E-state index contributed by atoms with van der Waals surface area (Å²) in [6, 6.07) is -0.894. The standard InChI is InChI=1S/C16H18N4O7S2.Na.3H2O/c1-6(21)27-15(26-2)8-5-28-13-10(12(23)20(13)11(8)14(24)25)19-9(22)3-7-4-29-16(17)18-7;;;;/h4,10,13,15H,3,5H2,1-2H3,(H2,17,18)(H,19,22)(H,24,25);;3*1H2/q;+1;;;/p-1/t10-,13-,15?;;;;/m1..../s1. The summed E-state index contributed by atoms with van der Waals surface area (Å²) in [5, 5.41) is 15.6. The van der Waals surface area contributed by atoms with Crippen LogP contribution in [0.5, 0.6) is 0 Å². The Kier molecular flexibility index (Phi) is 14.0. The van der Waals surface area contributed by atoms with Gasteiger partial charge in [-0.05, 0) is 0 Å². The van der Waals surface area contributed by atoms with E-state index in [1.807, 2.05) is 0 Å². The van der Waals surface area contributed by atoms with Gasteiger partial charge in [0.25, 0.3) is 5.91 Å². The fourth-order valence-electron chi connectivity index (χ4n) is 3.02. The molecule has 0 spiro atoms. The van der Waals surface area contributed by atoms with E-state index in [2.05, 4.69) is 10.3 Å². The summed E-state index contributed by atoms with van der Waals surface area (Å²) in [5.74, 6) is -3.21. The van der Waals surface area contributed by atoms with Crippen molar-refractivity contribution in [2.24, 2.45) is 0 Å². The van der Waals surface area contributed by atoms with Crippen molar-refractivity contribution in [1.82, 2.24) is 15.2 Å². The molecule has 1 aromatic heterocycles. The third-order valence-electron chi connectivity index (χ3n) is 4.19. The minimum Gasteiger partial charge on any atom is -0.543 e. The number of amides is 2. The van der Waals surface area contributed by atoms with Gasteiger partial charge in [-0.15, -0.1) is 23.1 Å². The van der Waals surface area contributed by atoms with Gasteiger partial charge in [-0.2, -0.15) is 0 Å². The minimum absolute atomic E-state index is 0. The number of aromatic nitrogens is 1. The molecule has 2 aliphatic heterocycles. The summed E-state index contributed by atoms with van der Waals surface area (Å²) >= 11 is 2.41. The number of fused-ring (bicyclic) bond motifs is 1. The molecule has 3 atom stereocenters. The Morgan fingerprint density at radius 1 is 1.36 bits per heavy atom. The van der Waals surface area contributed by atoms with Crippen LogP contribution in [-0.2, 0) is 35.1 Å². The predicted molar refractivity (Wildman–Crippen MR) is 111 cm³/mol. The number of aliphatic carboxylic acids is 1. The molecule has 0 radical (unpaired) electrons. The zero-order valence-corrected chi connectivity index (χ0v) is 21.5. The topological polar surface area (TPSA) is 258 Å². The number of carboxylic acids is 1. The first kappa shape index (κ1) is 33.4. The Balaban J connectivity index is 0. The molecule has 1 saturated heterocycles. The van der Waals surface area contributed by atoms with Gasteiger partial charge in [0.15, 0.2) is 5.13 Å². The third kappa shape index (κ3) is 7.11. The number of nitrogens with zero attached hydrogens (tertiary/aromatic N) is 2. The van der Waals surface area contributed by atoms with Gasteiger partial charge in [0.1, 0.15) is 11.4 Å². The van der Waals surface area contributed by atoms with Crippen molar-refractivity contribution < 1.29 is 79.7 Å². The maximum atomic E-state index is 12.6. The Morgan fingerprint density at radius 2 is 2.00 bits per heavy atom. The Hall–Kier alpha value is -1.76. The van der Waals surface area contributed by atoms with E-state index >= 15 is 0 Å². The fraction of sp³-hybridized carbons (Fsp3) is 0.438. The number of rotatable bonds is 7. The Morgan fingerprint density at radius 3 is 2.48 bits per heavy atom. The van der Waals surface area contributed by atoms with Crippen LogP contribution >= 0.6 is 23.1 Å². The van der Waals surface area contributed by atoms with Crippen LogP contribution in [0.4, 0.5) is 5.13 Å². The zero-order valence-electron chi connectivity index (χ0n) is 17.9. The molecule has 0 bridgehead atoms. The van der Waals surface area contributed by atoms with Crippen molar-refractivity contribution in [3.8, 4) is 0 Å². The van der Waals surface area contributed by atoms with E-state index in [-0.39, 0.29) is 63.7 Å². The number of carbonyl (C=O) groups excluding carboxylic acids is 4. The number of carbonyl (C=O) groups is 4. The summed E-state index contributed by atoms with van der Waals surface area (Å²) in [6.45, 7) is 1.15. The quantitative estimate of drug-likeness (QED) is 0.149. The van der Waals surface area contributed by atoms with Gasteiger partial charge in [-0.1, -0.05) is 0 Å². The van der Waals surface area contributed by atoms with Crippen molar-refractivity contribution in [3.05, 3.63) is 22.3 Å². The number of β-lactam (4-membered cyclic amide) rings is 1. The van der Waals surface area contributed by atoms with Crippen molar-refractivity contribution in [2.45, 2.75) is 31.1 Å². The number of methoxy groups -OCH3 is 1. The second-order valence-electron chi connectivity index (χ2n) is 6.15. The van der Waals surface area contributed by atoms with E-state index in [0.717, 1.165) is 11.8 Å². The van der Waals surface area contributed by atoms with Crippen molar-refractivity contribution in [1.29, 1.82) is 0 Å². The number of esters is 1. The smallest absolute Gasteiger partial charge is 0.543 e. The number of ether oxygens (including phenoxy) is 2. The van der Waals surface area contributed by atoms with Crippen LogP contribution in [0.3, 0.4) is 0 Å². The number of hydrogen-bond donors (Lipinski definition) is 2. The molecule has 0 aromatic carbocycles. The van der Waals surface area contributed by atoms with Crippen LogP contribution in [-0.4, -0.2) is 80.6 Å². The van der Waals surface area contributed by atoms with E-state index in [9.17, 15) is 24.3 Å². The molecular weight excluding hydrogens is 495 g/mol. The van der Waals surface area contributed by atoms with E-state index in [4.69, 9.17) is 15.2 Å². The number of hydrogen-bond acceptors (Lipinski definition) is 11. The summed E-state index contributed by atoms with van der Waals surface area (Å²) in [7, 11) is 1.25. The molecule has 2 amide bonds. The van der Waals surface area contributed by atoms with Gasteiger partial charge in [0.05, 0.1) is 23.8 Å². The number of carboxylic acid groups (broad SMARTS) is 1. The molecule has 3 heterocycles. The maximum Gasteiger partial charge on any atom is 1.00 e. The number of nitrogens with one attached hydrogen (secondary N) is 1. The van der Waals surface area contributed by atoms with Gasteiger partial charge in [-0.25, -0.2) is 4.98 Å². The normalized spacial score (nSPS) is 19.2. The number of nitrogens with two attached hydrogens (primary N) is 1. The molecule has 3 rings (SSSR count). The molecule has 9 N–H and O–H groups in total. The van der Waals surface area contributed by atoms with Crippen LogP contribution in [0.1, 0.15) is 12.6 Å². The number of thioether (sulfide) groups is 1. The van der Waals surface area contributed by atoms with Crippen LogP contribution in [0, 0.1) is 0 Å². The van der Waals surface area contributed by atoms with E-state index in [0.29, 0.717) is 10.8 Å². The molecule has 17 heteroatoms.